The smallest absolute Gasteiger partial charge is 0.277 e. The van der Waals surface area contributed by atoms with Crippen molar-refractivity contribution in [2.75, 3.05) is 5.32 Å². The van der Waals surface area contributed by atoms with Gasteiger partial charge in [-0.1, -0.05) is 31.3 Å². The van der Waals surface area contributed by atoms with E-state index >= 15 is 0 Å². The van der Waals surface area contributed by atoms with Crippen LogP contribution in [-0.4, -0.2) is 20.7 Å². The highest BCUT2D eigenvalue weighted by molar-refractivity contribution is 7.22. The number of amides is 1. The second-order valence-corrected chi connectivity index (χ2v) is 7.59. The minimum Gasteiger partial charge on any atom is -0.296 e. The van der Waals surface area contributed by atoms with Gasteiger partial charge in [0, 0.05) is 11.7 Å². The van der Waals surface area contributed by atoms with E-state index in [0.29, 0.717) is 16.7 Å². The van der Waals surface area contributed by atoms with Gasteiger partial charge in [-0.15, -0.1) is 0 Å². The number of aromatic nitrogens is 3. The highest BCUT2D eigenvalue weighted by Crippen LogP contribution is 2.29. The number of carbonyl (C=O) groups is 1. The molecule has 0 aliphatic carbocycles. The largest absolute Gasteiger partial charge is 0.296 e. The molecular weight excluding hydrogens is 320 g/mol. The van der Waals surface area contributed by atoms with Gasteiger partial charge in [0.2, 0.25) is 0 Å². The molecule has 5 nitrogen and oxygen atoms in total. The molecule has 0 spiro atoms. The maximum absolute atomic E-state index is 12.4. The van der Waals surface area contributed by atoms with E-state index in [1.807, 2.05) is 31.5 Å². The topological polar surface area (TPSA) is 59.8 Å². The average molecular weight is 342 g/mol. The SMILES string of the molecule is Cc1cc(C(=O)Nc2nc3ccc(C(C)C)cc3s2)nn1C(C)C. The number of hydrogen-bond donors (Lipinski definition) is 1. The fourth-order valence-corrected chi connectivity index (χ4v) is 3.55. The lowest BCUT2D eigenvalue weighted by Crippen LogP contribution is -2.13. The third-order valence-corrected chi connectivity index (χ3v) is 4.88. The molecule has 0 unspecified atom stereocenters. The second-order valence-electron chi connectivity index (χ2n) is 6.56. The molecular formula is C18H22N4OS. The molecule has 0 atom stereocenters. The fraction of sp³-hybridized carbons (Fsp3) is 0.389. The molecule has 3 rings (SSSR count). The van der Waals surface area contributed by atoms with E-state index in [9.17, 15) is 4.79 Å². The van der Waals surface area contributed by atoms with Crippen LogP contribution in [0.15, 0.2) is 24.3 Å². The van der Waals surface area contributed by atoms with Crippen LogP contribution < -0.4 is 5.32 Å². The lowest BCUT2D eigenvalue weighted by molar-refractivity contribution is 0.102. The summed E-state index contributed by atoms with van der Waals surface area (Å²) in [6, 6.07) is 8.27. The Hall–Kier alpha value is -2.21. The van der Waals surface area contributed by atoms with Gasteiger partial charge in [0.05, 0.1) is 10.2 Å². The molecule has 1 aromatic carbocycles. The van der Waals surface area contributed by atoms with Crippen LogP contribution in [0.25, 0.3) is 10.2 Å². The predicted octanol–water partition coefficient (Wildman–Crippen LogP) is 4.76. The summed E-state index contributed by atoms with van der Waals surface area (Å²) in [5.41, 5.74) is 3.57. The molecule has 0 bridgehead atoms. The highest BCUT2D eigenvalue weighted by Gasteiger charge is 2.16. The number of nitrogens with zero attached hydrogens (tertiary/aromatic N) is 3. The van der Waals surface area contributed by atoms with Crippen molar-refractivity contribution in [1.29, 1.82) is 0 Å². The second kappa shape index (κ2) is 6.36. The van der Waals surface area contributed by atoms with E-state index in [2.05, 4.69) is 41.4 Å². The molecule has 1 N–H and O–H groups in total. The summed E-state index contributed by atoms with van der Waals surface area (Å²) in [7, 11) is 0. The molecule has 0 saturated heterocycles. The first-order chi connectivity index (χ1) is 11.3. The molecule has 0 aliphatic rings. The summed E-state index contributed by atoms with van der Waals surface area (Å²) >= 11 is 1.49. The van der Waals surface area contributed by atoms with Gasteiger partial charge in [0.25, 0.3) is 5.91 Å². The van der Waals surface area contributed by atoms with E-state index in [0.717, 1.165) is 15.9 Å². The van der Waals surface area contributed by atoms with E-state index in [1.54, 1.807) is 6.07 Å². The molecule has 126 valence electrons. The fourth-order valence-electron chi connectivity index (χ4n) is 2.64. The number of carbonyl (C=O) groups excluding carboxylic acids is 1. The van der Waals surface area contributed by atoms with Gasteiger partial charge in [-0.05, 0) is 50.5 Å². The number of thiazole rings is 1. The molecule has 2 aromatic heterocycles. The summed E-state index contributed by atoms with van der Waals surface area (Å²) in [6.45, 7) is 10.4. The molecule has 3 aromatic rings. The van der Waals surface area contributed by atoms with Crippen molar-refractivity contribution in [1.82, 2.24) is 14.8 Å². The average Bonchev–Trinajstić information content (AvgIpc) is 3.08. The lowest BCUT2D eigenvalue weighted by atomic mass is 10.0. The molecule has 24 heavy (non-hydrogen) atoms. The number of aryl methyl sites for hydroxylation is 1. The van der Waals surface area contributed by atoms with Crippen LogP contribution in [-0.2, 0) is 0 Å². The van der Waals surface area contributed by atoms with Crippen LogP contribution in [0.3, 0.4) is 0 Å². The summed E-state index contributed by atoms with van der Waals surface area (Å²) < 4.78 is 2.93. The van der Waals surface area contributed by atoms with Crippen LogP contribution in [0.2, 0.25) is 0 Å². The number of anilines is 1. The normalized spacial score (nSPS) is 11.6. The Morgan fingerprint density at radius 2 is 1.96 bits per heavy atom. The summed E-state index contributed by atoms with van der Waals surface area (Å²) in [5.74, 6) is 0.248. The zero-order chi connectivity index (χ0) is 17.4. The van der Waals surface area contributed by atoms with Crippen molar-refractivity contribution >= 4 is 32.6 Å². The molecule has 2 heterocycles. The van der Waals surface area contributed by atoms with Crippen molar-refractivity contribution in [3.63, 3.8) is 0 Å². The number of rotatable bonds is 4. The Balaban J connectivity index is 1.84. The molecule has 6 heteroatoms. The first-order valence-corrected chi connectivity index (χ1v) is 8.94. The third kappa shape index (κ3) is 3.19. The Bertz CT molecular complexity index is 892. The van der Waals surface area contributed by atoms with Crippen molar-refractivity contribution in [2.45, 2.75) is 46.6 Å². The Morgan fingerprint density at radius 1 is 1.21 bits per heavy atom. The number of hydrogen-bond acceptors (Lipinski definition) is 4. The minimum atomic E-state index is -0.222. The summed E-state index contributed by atoms with van der Waals surface area (Å²) in [4.78, 5) is 16.9. The Labute approximate surface area is 145 Å². The van der Waals surface area contributed by atoms with Gasteiger partial charge >= 0.3 is 0 Å². The van der Waals surface area contributed by atoms with Crippen molar-refractivity contribution in [3.8, 4) is 0 Å². The number of nitrogens with one attached hydrogen (secondary N) is 1. The maximum Gasteiger partial charge on any atom is 0.277 e. The van der Waals surface area contributed by atoms with Crippen molar-refractivity contribution in [2.24, 2.45) is 0 Å². The minimum absolute atomic E-state index is 0.222. The number of benzene rings is 1. The first kappa shape index (κ1) is 16.6. The van der Waals surface area contributed by atoms with E-state index in [1.165, 1.54) is 16.9 Å². The van der Waals surface area contributed by atoms with Crippen LogP contribution >= 0.6 is 11.3 Å². The summed E-state index contributed by atoms with van der Waals surface area (Å²) in [5, 5.41) is 7.85. The quantitative estimate of drug-likeness (QED) is 0.744. The third-order valence-electron chi connectivity index (χ3n) is 3.94. The van der Waals surface area contributed by atoms with Crippen LogP contribution in [0, 0.1) is 6.92 Å². The highest BCUT2D eigenvalue weighted by atomic mass is 32.1. The Morgan fingerprint density at radius 3 is 2.58 bits per heavy atom. The molecule has 0 radical (unpaired) electrons. The van der Waals surface area contributed by atoms with Gasteiger partial charge < -0.3 is 0 Å². The first-order valence-electron chi connectivity index (χ1n) is 8.13. The molecule has 0 saturated carbocycles. The van der Waals surface area contributed by atoms with Gasteiger partial charge in [-0.2, -0.15) is 5.10 Å². The van der Waals surface area contributed by atoms with Crippen LogP contribution in [0.1, 0.15) is 61.4 Å². The van der Waals surface area contributed by atoms with Gasteiger partial charge in [0.15, 0.2) is 10.8 Å². The molecule has 0 fully saturated rings. The zero-order valence-electron chi connectivity index (χ0n) is 14.6. The van der Waals surface area contributed by atoms with Gasteiger partial charge in [0.1, 0.15) is 0 Å². The number of fused-ring (bicyclic) bond motifs is 1. The maximum atomic E-state index is 12.4. The van der Waals surface area contributed by atoms with Crippen molar-refractivity contribution < 1.29 is 4.79 Å². The predicted molar refractivity (Wildman–Crippen MR) is 99.0 cm³/mol. The monoisotopic (exact) mass is 342 g/mol. The van der Waals surface area contributed by atoms with Gasteiger partial charge in [-0.25, -0.2) is 4.98 Å². The Kier molecular flexibility index (Phi) is 4.41. The summed E-state index contributed by atoms with van der Waals surface area (Å²) in [6.07, 6.45) is 0. The van der Waals surface area contributed by atoms with Crippen molar-refractivity contribution in [3.05, 3.63) is 41.2 Å². The lowest BCUT2D eigenvalue weighted by Gasteiger charge is -2.06. The van der Waals surface area contributed by atoms with E-state index < -0.39 is 0 Å². The van der Waals surface area contributed by atoms with Crippen LogP contribution in [0.4, 0.5) is 5.13 Å². The zero-order valence-corrected chi connectivity index (χ0v) is 15.4. The standard InChI is InChI=1S/C18H22N4OS/c1-10(2)13-6-7-14-16(9-13)24-18(19-14)20-17(23)15-8-12(5)22(21-15)11(3)4/h6-11H,1-5H3,(H,19,20,23). The van der Waals surface area contributed by atoms with E-state index in [4.69, 9.17) is 0 Å². The van der Waals surface area contributed by atoms with E-state index in [-0.39, 0.29) is 11.9 Å². The molecule has 1 amide bonds. The van der Waals surface area contributed by atoms with Gasteiger partial charge in [-0.3, -0.25) is 14.8 Å². The molecule has 0 aliphatic heterocycles. The van der Waals surface area contributed by atoms with Crippen LogP contribution in [0.5, 0.6) is 0 Å².